The van der Waals surface area contributed by atoms with Gasteiger partial charge in [-0.25, -0.2) is 5.43 Å². The molecular weight excluding hydrogens is 479 g/mol. The summed E-state index contributed by atoms with van der Waals surface area (Å²) in [5.74, 6) is 0.272. The number of halogens is 1. The number of amides is 1. The maximum atomic E-state index is 12.4. The molecule has 3 aromatic rings. The summed E-state index contributed by atoms with van der Waals surface area (Å²) in [6, 6.07) is 25.0. The van der Waals surface area contributed by atoms with Crippen LogP contribution in [0.3, 0.4) is 0 Å². The van der Waals surface area contributed by atoms with Gasteiger partial charge in [0.25, 0.3) is 0 Å². The van der Waals surface area contributed by atoms with Crippen LogP contribution in [0.1, 0.15) is 28.9 Å². The van der Waals surface area contributed by atoms with Gasteiger partial charge in [0.1, 0.15) is 0 Å². The molecule has 0 aliphatic heterocycles. The molecule has 140 valence electrons. The summed E-state index contributed by atoms with van der Waals surface area (Å²) in [6.07, 6.45) is 0. The van der Waals surface area contributed by atoms with Gasteiger partial charge in [0, 0.05) is 3.57 Å². The standard InChI is InChI=1S/C23H19IN2OS/c1-15(16-10-12-17(24)13-11-16)25-26-22(27)14-28-23-20-8-4-2-6-18(20)19-7-3-5-9-21(19)23/h2-13,23H,14H2,1H3,(H,26,27)/b25-15-. The van der Waals surface area contributed by atoms with Crippen LogP contribution in [-0.4, -0.2) is 17.4 Å². The predicted octanol–water partition coefficient (Wildman–Crippen LogP) is 5.63. The number of hydrogen-bond acceptors (Lipinski definition) is 3. The quantitative estimate of drug-likeness (QED) is 0.281. The van der Waals surface area contributed by atoms with E-state index in [-0.39, 0.29) is 11.2 Å². The first-order chi connectivity index (χ1) is 13.6. The molecule has 3 nitrogen and oxygen atoms in total. The number of thioether (sulfide) groups is 1. The third-order valence-electron chi connectivity index (χ3n) is 4.77. The van der Waals surface area contributed by atoms with Gasteiger partial charge < -0.3 is 0 Å². The molecule has 1 aliphatic carbocycles. The van der Waals surface area contributed by atoms with E-state index in [0.29, 0.717) is 5.75 Å². The number of hydrogen-bond donors (Lipinski definition) is 1. The van der Waals surface area contributed by atoms with Crippen LogP contribution >= 0.6 is 34.4 Å². The van der Waals surface area contributed by atoms with E-state index in [9.17, 15) is 4.79 Å². The fourth-order valence-corrected chi connectivity index (χ4v) is 4.89. The van der Waals surface area contributed by atoms with Crippen molar-refractivity contribution in [1.82, 2.24) is 5.43 Å². The normalized spacial score (nSPS) is 13.1. The molecule has 0 unspecified atom stereocenters. The Balaban J connectivity index is 1.42. The monoisotopic (exact) mass is 498 g/mol. The predicted molar refractivity (Wildman–Crippen MR) is 126 cm³/mol. The number of carbonyl (C=O) groups excluding carboxylic acids is 1. The largest absolute Gasteiger partial charge is 0.272 e. The van der Waals surface area contributed by atoms with Crippen molar-refractivity contribution in [2.75, 3.05) is 5.75 Å². The zero-order valence-electron chi connectivity index (χ0n) is 15.4. The third-order valence-corrected chi connectivity index (χ3v) is 6.76. The maximum absolute atomic E-state index is 12.4. The Kier molecular flexibility index (Phi) is 5.82. The van der Waals surface area contributed by atoms with Gasteiger partial charge in [-0.05, 0) is 69.5 Å². The lowest BCUT2D eigenvalue weighted by molar-refractivity contribution is -0.118. The van der Waals surface area contributed by atoms with E-state index in [4.69, 9.17) is 0 Å². The van der Waals surface area contributed by atoms with Crippen molar-refractivity contribution in [3.05, 3.63) is 93.1 Å². The first-order valence-corrected chi connectivity index (χ1v) is 11.1. The first-order valence-electron chi connectivity index (χ1n) is 9.02. The zero-order valence-corrected chi connectivity index (χ0v) is 18.3. The van der Waals surface area contributed by atoms with Gasteiger partial charge in [0.05, 0.1) is 16.7 Å². The maximum Gasteiger partial charge on any atom is 0.250 e. The highest BCUT2D eigenvalue weighted by Gasteiger charge is 2.28. The molecule has 28 heavy (non-hydrogen) atoms. The van der Waals surface area contributed by atoms with Crippen molar-refractivity contribution >= 4 is 46.0 Å². The molecule has 0 heterocycles. The summed E-state index contributed by atoms with van der Waals surface area (Å²) < 4.78 is 1.17. The number of carbonyl (C=O) groups is 1. The van der Waals surface area contributed by atoms with Gasteiger partial charge in [-0.3, -0.25) is 4.79 Å². The second-order valence-corrected chi connectivity index (χ2v) is 8.94. The van der Waals surface area contributed by atoms with Crippen LogP contribution in [0.5, 0.6) is 0 Å². The molecular formula is C23H19IN2OS. The molecule has 0 saturated heterocycles. The van der Waals surface area contributed by atoms with Crippen molar-refractivity contribution in [3.63, 3.8) is 0 Å². The van der Waals surface area contributed by atoms with Crippen LogP contribution in [0.2, 0.25) is 0 Å². The molecule has 0 aromatic heterocycles. The lowest BCUT2D eigenvalue weighted by Crippen LogP contribution is -2.21. The van der Waals surface area contributed by atoms with E-state index in [1.807, 2.05) is 31.2 Å². The number of nitrogens with zero attached hydrogens (tertiary/aromatic N) is 1. The van der Waals surface area contributed by atoms with Gasteiger partial charge >= 0.3 is 0 Å². The minimum Gasteiger partial charge on any atom is -0.272 e. The van der Waals surface area contributed by atoms with Gasteiger partial charge in [0.2, 0.25) is 5.91 Å². The summed E-state index contributed by atoms with van der Waals surface area (Å²) >= 11 is 3.91. The Labute approximate surface area is 182 Å². The summed E-state index contributed by atoms with van der Waals surface area (Å²) in [5.41, 5.74) is 9.59. The van der Waals surface area contributed by atoms with Crippen LogP contribution in [0.25, 0.3) is 11.1 Å². The summed E-state index contributed by atoms with van der Waals surface area (Å²) in [6.45, 7) is 1.90. The van der Waals surface area contributed by atoms with Crippen molar-refractivity contribution in [2.45, 2.75) is 12.2 Å². The number of hydrazone groups is 1. The Hall–Kier alpha value is -2.12. The van der Waals surface area contributed by atoms with E-state index in [1.54, 1.807) is 11.8 Å². The fraction of sp³-hybridized carbons (Fsp3) is 0.130. The first kappa shape index (κ1) is 19.2. The Morgan fingerprint density at radius 2 is 1.54 bits per heavy atom. The number of benzene rings is 3. The molecule has 5 heteroatoms. The molecule has 0 spiro atoms. The minimum absolute atomic E-state index is 0.0864. The van der Waals surface area contributed by atoms with E-state index in [1.165, 1.54) is 25.8 Å². The molecule has 0 saturated carbocycles. The fourth-order valence-electron chi connectivity index (χ4n) is 3.38. The molecule has 1 aliphatic rings. The van der Waals surface area contributed by atoms with Crippen molar-refractivity contribution in [2.24, 2.45) is 5.10 Å². The van der Waals surface area contributed by atoms with Crippen LogP contribution in [0.4, 0.5) is 0 Å². The molecule has 1 N–H and O–H groups in total. The van der Waals surface area contributed by atoms with E-state index >= 15 is 0 Å². The molecule has 3 aromatic carbocycles. The molecule has 1 amide bonds. The molecule has 0 bridgehead atoms. The number of fused-ring (bicyclic) bond motifs is 3. The lowest BCUT2D eigenvalue weighted by Gasteiger charge is -2.12. The summed E-state index contributed by atoms with van der Waals surface area (Å²) in [5, 5.41) is 4.44. The molecule has 0 fully saturated rings. The Morgan fingerprint density at radius 1 is 0.964 bits per heavy atom. The van der Waals surface area contributed by atoms with Crippen molar-refractivity contribution in [3.8, 4) is 11.1 Å². The Morgan fingerprint density at radius 3 is 2.14 bits per heavy atom. The van der Waals surface area contributed by atoms with Gasteiger partial charge in [-0.1, -0.05) is 60.7 Å². The van der Waals surface area contributed by atoms with Crippen molar-refractivity contribution in [1.29, 1.82) is 0 Å². The van der Waals surface area contributed by atoms with Crippen LogP contribution in [-0.2, 0) is 4.79 Å². The van der Waals surface area contributed by atoms with Gasteiger partial charge in [0.15, 0.2) is 0 Å². The summed E-state index contributed by atoms with van der Waals surface area (Å²) in [4.78, 5) is 12.4. The average Bonchev–Trinajstić information content (AvgIpc) is 3.05. The highest BCUT2D eigenvalue weighted by atomic mass is 127. The van der Waals surface area contributed by atoms with E-state index in [0.717, 1.165) is 11.3 Å². The Bertz CT molecular complexity index is 1000. The van der Waals surface area contributed by atoms with E-state index < -0.39 is 0 Å². The molecule has 0 atom stereocenters. The smallest absolute Gasteiger partial charge is 0.250 e. The summed E-state index contributed by atoms with van der Waals surface area (Å²) in [7, 11) is 0. The topological polar surface area (TPSA) is 41.5 Å². The highest BCUT2D eigenvalue weighted by molar-refractivity contribution is 14.1. The number of rotatable bonds is 5. The van der Waals surface area contributed by atoms with Crippen LogP contribution < -0.4 is 5.43 Å². The van der Waals surface area contributed by atoms with E-state index in [2.05, 4.69) is 81.6 Å². The number of nitrogens with one attached hydrogen (secondary N) is 1. The highest BCUT2D eigenvalue weighted by Crippen LogP contribution is 2.49. The molecule has 0 radical (unpaired) electrons. The SMILES string of the molecule is C/C(=N/NC(=O)CSC1c2ccccc2-c2ccccc21)c1ccc(I)cc1. The van der Waals surface area contributed by atoms with Crippen molar-refractivity contribution < 1.29 is 4.79 Å². The molecule has 4 rings (SSSR count). The van der Waals surface area contributed by atoms with Gasteiger partial charge in [-0.15, -0.1) is 11.8 Å². The van der Waals surface area contributed by atoms with Gasteiger partial charge in [-0.2, -0.15) is 5.10 Å². The van der Waals surface area contributed by atoms with Crippen LogP contribution in [0, 0.1) is 3.57 Å². The lowest BCUT2D eigenvalue weighted by atomic mass is 10.1. The average molecular weight is 498 g/mol. The zero-order chi connectivity index (χ0) is 19.5. The second-order valence-electron chi connectivity index (χ2n) is 6.60. The minimum atomic E-state index is -0.0864. The third kappa shape index (κ3) is 4.00. The second kappa shape index (κ2) is 8.49. The van der Waals surface area contributed by atoms with Crippen LogP contribution in [0.15, 0.2) is 77.9 Å².